The molecule has 0 atom stereocenters. The molecule has 1 saturated heterocycles. The van der Waals surface area contributed by atoms with Crippen LogP contribution >= 0.6 is 35.6 Å². The van der Waals surface area contributed by atoms with Gasteiger partial charge in [-0.15, -0.1) is 0 Å². The molecular weight excluding hydrogens is 492 g/mol. The second kappa shape index (κ2) is 12.7. The Kier molecular flexibility index (Phi) is 9.68. The zero-order valence-corrected chi connectivity index (χ0v) is 21.1. The number of anilines is 1. The van der Waals surface area contributed by atoms with E-state index in [1.165, 1.54) is 11.8 Å². The normalized spacial score (nSPS) is 14.5. The largest absolute Gasteiger partial charge is 0.462 e. The first kappa shape index (κ1) is 25.9. The van der Waals surface area contributed by atoms with Crippen LogP contribution in [0.1, 0.15) is 48.5 Å². The number of carbonyl (C=O) groups is 3. The number of nitrogens with zero attached hydrogens (tertiary/aromatic N) is 1. The van der Waals surface area contributed by atoms with E-state index in [1.54, 1.807) is 48.2 Å². The number of unbranched alkanes of at least 4 members (excludes halogenated alkanes) is 2. The number of carbonyl (C=O) groups excluding carboxylic acids is 3. The first-order valence-electron chi connectivity index (χ1n) is 11.0. The number of benzene rings is 2. The fraction of sp³-hybridized carbons (Fsp3) is 0.280. The van der Waals surface area contributed by atoms with Gasteiger partial charge in [0.2, 0.25) is 5.91 Å². The van der Waals surface area contributed by atoms with Gasteiger partial charge in [0.15, 0.2) is 0 Å². The molecule has 1 heterocycles. The highest BCUT2D eigenvalue weighted by atomic mass is 35.5. The lowest BCUT2D eigenvalue weighted by atomic mass is 10.1. The smallest absolute Gasteiger partial charge is 0.338 e. The molecule has 0 aromatic heterocycles. The summed E-state index contributed by atoms with van der Waals surface area (Å²) in [6.45, 7) is 2.59. The topological polar surface area (TPSA) is 75.7 Å². The Bertz CT molecular complexity index is 1090. The van der Waals surface area contributed by atoms with Crippen LogP contribution in [0, 0.1) is 0 Å². The van der Waals surface area contributed by atoms with Gasteiger partial charge in [0.25, 0.3) is 5.91 Å². The summed E-state index contributed by atoms with van der Waals surface area (Å²) in [5, 5.41) is 3.47. The molecule has 2 aromatic rings. The van der Waals surface area contributed by atoms with E-state index >= 15 is 0 Å². The summed E-state index contributed by atoms with van der Waals surface area (Å²) >= 11 is 12.6. The van der Waals surface area contributed by atoms with Crippen molar-refractivity contribution in [3.05, 3.63) is 69.6 Å². The molecule has 1 aliphatic rings. The van der Waals surface area contributed by atoms with Crippen LogP contribution in [0.3, 0.4) is 0 Å². The average molecular weight is 517 g/mol. The number of ether oxygens (including phenoxy) is 1. The van der Waals surface area contributed by atoms with Gasteiger partial charge in [0, 0.05) is 23.7 Å². The van der Waals surface area contributed by atoms with Gasteiger partial charge in [-0.2, -0.15) is 0 Å². The van der Waals surface area contributed by atoms with Gasteiger partial charge in [-0.3, -0.25) is 14.5 Å². The molecule has 0 spiro atoms. The maximum absolute atomic E-state index is 12.7. The summed E-state index contributed by atoms with van der Waals surface area (Å²) in [6.07, 6.45) is 4.43. The number of thioether (sulfide) groups is 1. The van der Waals surface area contributed by atoms with Crippen LogP contribution in [-0.2, 0) is 14.3 Å². The molecule has 9 heteroatoms. The molecule has 0 unspecified atom stereocenters. The lowest BCUT2D eigenvalue weighted by Crippen LogP contribution is -2.29. The molecule has 34 heavy (non-hydrogen) atoms. The fourth-order valence-electron chi connectivity index (χ4n) is 3.26. The molecule has 0 bridgehead atoms. The Balaban J connectivity index is 1.38. The third-order valence-corrected chi connectivity index (χ3v) is 6.64. The quantitative estimate of drug-likeness (QED) is 0.183. The zero-order valence-electron chi connectivity index (χ0n) is 18.7. The predicted molar refractivity (Wildman–Crippen MR) is 141 cm³/mol. The monoisotopic (exact) mass is 516 g/mol. The van der Waals surface area contributed by atoms with Gasteiger partial charge in [-0.1, -0.05) is 54.1 Å². The molecule has 1 aliphatic heterocycles. The Morgan fingerprint density at radius 2 is 1.79 bits per heavy atom. The van der Waals surface area contributed by atoms with E-state index in [2.05, 4.69) is 5.32 Å². The molecule has 6 nitrogen and oxygen atoms in total. The van der Waals surface area contributed by atoms with Crippen LogP contribution in [0.5, 0.6) is 0 Å². The molecule has 0 saturated carbocycles. The number of thiocarbonyl (C=S) groups is 1. The van der Waals surface area contributed by atoms with Crippen molar-refractivity contribution >= 4 is 69.4 Å². The number of halogens is 1. The SMILES string of the molecule is CCOC(=O)c1ccc(NC(=O)CCCCCN2C(=O)C(=Cc3ccc(Cl)cc3)SC2=S)cc1. The maximum Gasteiger partial charge on any atom is 0.338 e. The van der Waals surface area contributed by atoms with Crippen LogP contribution in [0.4, 0.5) is 5.69 Å². The lowest BCUT2D eigenvalue weighted by Gasteiger charge is -2.14. The van der Waals surface area contributed by atoms with Crippen molar-refractivity contribution in [2.45, 2.75) is 32.6 Å². The summed E-state index contributed by atoms with van der Waals surface area (Å²) in [5.74, 6) is -0.573. The van der Waals surface area contributed by atoms with Crippen molar-refractivity contribution in [3.8, 4) is 0 Å². The van der Waals surface area contributed by atoms with Crippen molar-refractivity contribution in [1.29, 1.82) is 0 Å². The Morgan fingerprint density at radius 3 is 2.47 bits per heavy atom. The third kappa shape index (κ3) is 7.41. The molecule has 1 fully saturated rings. The molecule has 0 aliphatic carbocycles. The summed E-state index contributed by atoms with van der Waals surface area (Å²) in [5.41, 5.74) is 1.97. The number of hydrogen-bond acceptors (Lipinski definition) is 6. The summed E-state index contributed by atoms with van der Waals surface area (Å²) in [4.78, 5) is 38.8. The summed E-state index contributed by atoms with van der Waals surface area (Å²) in [7, 11) is 0. The van der Waals surface area contributed by atoms with E-state index in [4.69, 9.17) is 28.6 Å². The number of nitrogens with one attached hydrogen (secondary N) is 1. The van der Waals surface area contributed by atoms with Crippen LogP contribution < -0.4 is 5.32 Å². The highest BCUT2D eigenvalue weighted by molar-refractivity contribution is 8.26. The predicted octanol–water partition coefficient (Wildman–Crippen LogP) is 5.92. The van der Waals surface area contributed by atoms with E-state index in [9.17, 15) is 14.4 Å². The minimum absolute atomic E-state index is 0.0889. The van der Waals surface area contributed by atoms with Gasteiger partial charge in [0.1, 0.15) is 4.32 Å². The molecule has 178 valence electrons. The van der Waals surface area contributed by atoms with Crippen LogP contribution in [0.25, 0.3) is 6.08 Å². The van der Waals surface area contributed by atoms with E-state index in [-0.39, 0.29) is 17.8 Å². The van der Waals surface area contributed by atoms with Crippen molar-refractivity contribution in [3.63, 3.8) is 0 Å². The minimum atomic E-state index is -0.387. The highest BCUT2D eigenvalue weighted by Gasteiger charge is 2.31. The maximum atomic E-state index is 12.7. The van der Waals surface area contributed by atoms with Crippen molar-refractivity contribution < 1.29 is 19.1 Å². The van der Waals surface area contributed by atoms with Gasteiger partial charge in [-0.05, 0) is 67.8 Å². The first-order valence-corrected chi connectivity index (χ1v) is 12.6. The zero-order chi connectivity index (χ0) is 24.5. The fourth-order valence-corrected chi connectivity index (χ4v) is 4.70. The Hall–Kier alpha value is -2.68. The van der Waals surface area contributed by atoms with Gasteiger partial charge in [-0.25, -0.2) is 4.79 Å². The van der Waals surface area contributed by atoms with E-state index in [1.807, 2.05) is 18.2 Å². The van der Waals surface area contributed by atoms with E-state index < -0.39 is 0 Å². The van der Waals surface area contributed by atoms with Crippen molar-refractivity contribution in [1.82, 2.24) is 4.90 Å². The van der Waals surface area contributed by atoms with Crippen LogP contribution in [0.2, 0.25) is 5.02 Å². The Labute approximate surface area is 213 Å². The average Bonchev–Trinajstić information content (AvgIpc) is 3.08. The van der Waals surface area contributed by atoms with Gasteiger partial charge >= 0.3 is 5.97 Å². The van der Waals surface area contributed by atoms with Crippen LogP contribution in [-0.4, -0.2) is 40.2 Å². The molecule has 0 radical (unpaired) electrons. The minimum Gasteiger partial charge on any atom is -0.462 e. The standard InChI is InChI=1S/C25H25ClN2O4S2/c1-2-32-24(31)18-9-13-20(14-10-18)27-22(29)6-4-3-5-15-28-23(30)21(34-25(28)33)16-17-7-11-19(26)12-8-17/h7-14,16H,2-6,15H2,1H3,(H,27,29). The number of rotatable bonds is 10. The summed E-state index contributed by atoms with van der Waals surface area (Å²) in [6, 6.07) is 13.9. The van der Waals surface area contributed by atoms with E-state index in [0.29, 0.717) is 51.5 Å². The van der Waals surface area contributed by atoms with Crippen LogP contribution in [0.15, 0.2) is 53.4 Å². The van der Waals surface area contributed by atoms with Gasteiger partial charge in [0.05, 0.1) is 17.1 Å². The van der Waals surface area contributed by atoms with Crippen molar-refractivity contribution in [2.75, 3.05) is 18.5 Å². The molecule has 1 N–H and O–H groups in total. The van der Waals surface area contributed by atoms with Gasteiger partial charge < -0.3 is 10.1 Å². The molecule has 3 rings (SSSR count). The molecular formula is C25H25ClN2O4S2. The summed E-state index contributed by atoms with van der Waals surface area (Å²) < 4.78 is 5.49. The molecule has 2 amide bonds. The second-order valence-electron chi connectivity index (χ2n) is 7.54. The first-order chi connectivity index (χ1) is 16.4. The Morgan fingerprint density at radius 1 is 1.09 bits per heavy atom. The number of amides is 2. The number of esters is 1. The second-order valence-corrected chi connectivity index (χ2v) is 9.65. The highest BCUT2D eigenvalue weighted by Crippen LogP contribution is 2.33. The molecule has 2 aromatic carbocycles. The third-order valence-electron chi connectivity index (χ3n) is 5.01. The van der Waals surface area contributed by atoms with E-state index in [0.717, 1.165) is 18.4 Å². The number of hydrogen-bond donors (Lipinski definition) is 1. The van der Waals surface area contributed by atoms with Crippen molar-refractivity contribution in [2.24, 2.45) is 0 Å². The lowest BCUT2D eigenvalue weighted by molar-refractivity contribution is -0.122.